The fourth-order valence-electron chi connectivity index (χ4n) is 3.52. The number of aryl methyl sites for hydroxylation is 2. The Hall–Kier alpha value is -5.25. The summed E-state index contributed by atoms with van der Waals surface area (Å²) >= 11 is 0. The zero-order valence-corrected chi connectivity index (χ0v) is 18.9. The average Bonchev–Trinajstić information content (AvgIpc) is 3.48. The summed E-state index contributed by atoms with van der Waals surface area (Å²) in [6, 6.07) is 11.1. The number of aromatic amines is 1. The predicted octanol–water partition coefficient (Wildman–Crippen LogP) is 3.56. The van der Waals surface area contributed by atoms with Crippen molar-refractivity contribution in [1.29, 1.82) is 5.26 Å². The first-order chi connectivity index (χ1) is 17.0. The topological polar surface area (TPSA) is 167 Å². The molecule has 4 heterocycles. The second-order valence-electron chi connectivity index (χ2n) is 7.53. The number of carbonyl (C=O) groups excluding carboxylic acids is 1. The molecule has 4 aromatic heterocycles. The molecular weight excluding hydrogens is 448 g/mol. The number of aromatic nitrogens is 8. The van der Waals surface area contributed by atoms with E-state index in [1.807, 2.05) is 18.2 Å². The first-order valence-electron chi connectivity index (χ1n) is 10.5. The van der Waals surface area contributed by atoms with Crippen LogP contribution in [0.1, 0.15) is 23.9 Å². The Morgan fingerprint density at radius 1 is 1.06 bits per heavy atom. The molecule has 5 aromatic rings. The van der Waals surface area contributed by atoms with Gasteiger partial charge in [0.05, 0.1) is 17.1 Å². The van der Waals surface area contributed by atoms with Gasteiger partial charge in [0.15, 0.2) is 23.0 Å². The molecule has 0 aliphatic rings. The predicted molar refractivity (Wildman–Crippen MR) is 125 cm³/mol. The van der Waals surface area contributed by atoms with Gasteiger partial charge in [-0.25, -0.2) is 9.97 Å². The number of fused-ring (bicyclic) bond motifs is 1. The second kappa shape index (κ2) is 8.60. The van der Waals surface area contributed by atoms with Crippen LogP contribution in [0.25, 0.3) is 23.0 Å². The van der Waals surface area contributed by atoms with Gasteiger partial charge in [0.25, 0.3) is 5.95 Å². The Balaban J connectivity index is 1.59. The number of nitrogens with zero attached hydrogens (tertiary/aromatic N) is 10. The Bertz CT molecular complexity index is 1630. The van der Waals surface area contributed by atoms with E-state index in [2.05, 4.69) is 51.9 Å². The molecule has 0 saturated carbocycles. The molecule has 13 heteroatoms. The monoisotopic (exact) mass is 466 g/mol. The maximum absolute atomic E-state index is 11.6. The van der Waals surface area contributed by atoms with E-state index in [1.165, 1.54) is 16.2 Å². The van der Waals surface area contributed by atoms with E-state index in [-0.39, 0.29) is 23.2 Å². The highest BCUT2D eigenvalue weighted by Gasteiger charge is 2.20. The highest BCUT2D eigenvalue weighted by molar-refractivity contribution is 5.93. The van der Waals surface area contributed by atoms with Crippen LogP contribution in [0.2, 0.25) is 0 Å². The number of para-hydroxylation sites is 1. The molecule has 0 atom stereocenters. The number of carbonyl (C=O) groups is 1. The number of rotatable bonds is 5. The van der Waals surface area contributed by atoms with Crippen molar-refractivity contribution in [3.05, 3.63) is 59.7 Å². The van der Waals surface area contributed by atoms with Crippen molar-refractivity contribution < 1.29 is 4.79 Å². The number of amides is 1. The summed E-state index contributed by atoms with van der Waals surface area (Å²) in [6.07, 6.45) is 3.14. The van der Waals surface area contributed by atoms with Gasteiger partial charge < -0.3 is 10.3 Å². The summed E-state index contributed by atoms with van der Waals surface area (Å²) < 4.78 is 2.78. The number of benzene rings is 1. The Morgan fingerprint density at radius 2 is 1.83 bits per heavy atom. The lowest BCUT2D eigenvalue weighted by Crippen LogP contribution is -2.07. The molecule has 0 unspecified atom stereocenters. The van der Waals surface area contributed by atoms with Crippen molar-refractivity contribution in [3.63, 3.8) is 0 Å². The van der Waals surface area contributed by atoms with E-state index in [0.29, 0.717) is 39.8 Å². The molecule has 172 valence electrons. The van der Waals surface area contributed by atoms with E-state index in [0.717, 1.165) is 0 Å². The van der Waals surface area contributed by atoms with Crippen molar-refractivity contribution in [1.82, 2.24) is 39.6 Å². The van der Waals surface area contributed by atoms with Gasteiger partial charge in [-0.2, -0.15) is 20.1 Å². The van der Waals surface area contributed by atoms with Gasteiger partial charge in [-0.3, -0.25) is 4.79 Å². The molecular formula is C22H18N12O. The van der Waals surface area contributed by atoms with Crippen molar-refractivity contribution in [3.8, 4) is 23.4 Å². The van der Waals surface area contributed by atoms with Crippen LogP contribution < -0.4 is 5.32 Å². The van der Waals surface area contributed by atoms with E-state index in [9.17, 15) is 10.1 Å². The van der Waals surface area contributed by atoms with Crippen LogP contribution in [0.4, 0.5) is 17.2 Å². The van der Waals surface area contributed by atoms with Gasteiger partial charge in [-0.15, -0.1) is 20.0 Å². The first-order valence-corrected chi connectivity index (χ1v) is 10.5. The Kier molecular flexibility index (Phi) is 5.30. The minimum absolute atomic E-state index is 0.193. The minimum atomic E-state index is -0.193. The van der Waals surface area contributed by atoms with Crippen LogP contribution in [0.3, 0.4) is 0 Å². The third-order valence-electron chi connectivity index (χ3n) is 5.07. The zero-order valence-electron chi connectivity index (χ0n) is 18.9. The van der Waals surface area contributed by atoms with Crippen molar-refractivity contribution in [2.75, 3.05) is 5.32 Å². The average molecular weight is 466 g/mol. The molecule has 0 radical (unpaired) electrons. The van der Waals surface area contributed by atoms with E-state index in [4.69, 9.17) is 0 Å². The smallest absolute Gasteiger partial charge is 0.252 e. The van der Waals surface area contributed by atoms with Crippen LogP contribution >= 0.6 is 0 Å². The number of azo groups is 1. The normalized spacial score (nSPS) is 11.3. The zero-order chi connectivity index (χ0) is 24.5. The van der Waals surface area contributed by atoms with Crippen molar-refractivity contribution >= 4 is 28.7 Å². The minimum Gasteiger partial charge on any atom is -0.326 e. The third kappa shape index (κ3) is 3.89. The highest BCUT2D eigenvalue weighted by atomic mass is 16.1. The van der Waals surface area contributed by atoms with Crippen LogP contribution in [-0.4, -0.2) is 45.5 Å². The highest BCUT2D eigenvalue weighted by Crippen LogP contribution is 2.32. The van der Waals surface area contributed by atoms with Crippen LogP contribution in [0.5, 0.6) is 0 Å². The summed E-state index contributed by atoms with van der Waals surface area (Å²) in [5, 5.41) is 34.4. The SMILES string of the molecule is CC(=O)Nc1ccccc1-c1nn2nc(C)c(/N=N/c3c(C#N)c(C)nn3-c3ncccn3)c2[nH]1. The molecule has 0 bridgehead atoms. The summed E-state index contributed by atoms with van der Waals surface area (Å²) in [6.45, 7) is 4.92. The summed E-state index contributed by atoms with van der Waals surface area (Å²) in [5.41, 5.74) is 3.54. The fourth-order valence-corrected chi connectivity index (χ4v) is 3.52. The Labute approximate surface area is 198 Å². The van der Waals surface area contributed by atoms with Gasteiger partial charge >= 0.3 is 0 Å². The third-order valence-corrected chi connectivity index (χ3v) is 5.07. The van der Waals surface area contributed by atoms with E-state index < -0.39 is 0 Å². The van der Waals surface area contributed by atoms with Gasteiger partial charge in [-0.05, 0) is 32.0 Å². The van der Waals surface area contributed by atoms with Crippen molar-refractivity contribution in [2.45, 2.75) is 20.8 Å². The summed E-state index contributed by atoms with van der Waals surface area (Å²) in [4.78, 5) is 23.2. The van der Waals surface area contributed by atoms with Gasteiger partial charge in [0.2, 0.25) is 5.91 Å². The Morgan fingerprint density at radius 3 is 2.57 bits per heavy atom. The largest absolute Gasteiger partial charge is 0.326 e. The molecule has 35 heavy (non-hydrogen) atoms. The molecule has 1 aromatic carbocycles. The van der Waals surface area contributed by atoms with Crippen LogP contribution in [-0.2, 0) is 4.79 Å². The molecule has 1 amide bonds. The van der Waals surface area contributed by atoms with Crippen molar-refractivity contribution in [2.24, 2.45) is 10.2 Å². The summed E-state index contributed by atoms with van der Waals surface area (Å²) in [5.74, 6) is 0.762. The standard InChI is InChI=1S/C22H18N12O/c1-12-16(11-23)20(33(30-12)22-24-9-6-10-25-22)29-28-18-13(2)31-34-21(18)27-19(32-34)15-7-4-5-8-17(15)26-14(3)35/h4-10H,1-3H3,(H,26,35)(H,27,32)/b29-28+. The van der Waals surface area contributed by atoms with Gasteiger partial charge in [-0.1, -0.05) is 12.1 Å². The number of H-pyrrole nitrogens is 1. The molecule has 0 spiro atoms. The van der Waals surface area contributed by atoms with Crippen LogP contribution in [0.15, 0.2) is 53.0 Å². The lowest BCUT2D eigenvalue weighted by Gasteiger charge is -2.06. The number of nitrogens with one attached hydrogen (secondary N) is 2. The quantitative estimate of drug-likeness (QED) is 0.373. The molecule has 0 saturated heterocycles. The molecule has 0 aliphatic carbocycles. The number of hydrogen-bond acceptors (Lipinski definition) is 9. The lowest BCUT2D eigenvalue weighted by molar-refractivity contribution is -0.114. The summed E-state index contributed by atoms with van der Waals surface area (Å²) in [7, 11) is 0. The molecule has 13 nitrogen and oxygen atoms in total. The fraction of sp³-hybridized carbons (Fsp3) is 0.136. The lowest BCUT2D eigenvalue weighted by atomic mass is 10.1. The maximum atomic E-state index is 11.6. The van der Waals surface area contributed by atoms with E-state index in [1.54, 1.807) is 38.4 Å². The number of anilines is 1. The van der Waals surface area contributed by atoms with Gasteiger partial charge in [0, 0.05) is 24.9 Å². The molecule has 0 fully saturated rings. The van der Waals surface area contributed by atoms with Crippen LogP contribution in [0, 0.1) is 25.2 Å². The maximum Gasteiger partial charge on any atom is 0.252 e. The molecule has 0 aliphatic heterocycles. The molecule has 2 N–H and O–H groups in total. The van der Waals surface area contributed by atoms with E-state index >= 15 is 0 Å². The second-order valence-corrected chi connectivity index (χ2v) is 7.53. The van der Waals surface area contributed by atoms with Gasteiger partial charge in [0.1, 0.15) is 11.6 Å². The first kappa shape index (κ1) is 21.6. The number of hydrogen-bond donors (Lipinski definition) is 2. The number of nitriles is 1. The molecule has 5 rings (SSSR count).